The lowest BCUT2D eigenvalue weighted by atomic mass is 10.3. The third kappa shape index (κ3) is 2.33. The van der Waals surface area contributed by atoms with Crippen molar-refractivity contribution in [2.45, 2.75) is 20.0 Å². The number of hydrogen-bond acceptors (Lipinski definition) is 4. The fraction of sp³-hybridized carbons (Fsp3) is 0.273. The van der Waals surface area contributed by atoms with Crippen molar-refractivity contribution >= 4 is 11.6 Å². The third-order valence-corrected chi connectivity index (χ3v) is 2.34. The predicted molar refractivity (Wildman–Crippen MR) is 59.5 cm³/mol. The van der Waals surface area contributed by atoms with Crippen LogP contribution in [0.2, 0.25) is 5.02 Å². The van der Waals surface area contributed by atoms with E-state index in [-0.39, 0.29) is 6.10 Å². The van der Waals surface area contributed by atoms with Gasteiger partial charge in [0.1, 0.15) is 5.75 Å². The van der Waals surface area contributed by atoms with Gasteiger partial charge in [0.05, 0.1) is 5.02 Å². The summed E-state index contributed by atoms with van der Waals surface area (Å²) in [5.74, 6) is 1.63. The van der Waals surface area contributed by atoms with Crippen LogP contribution in [0, 0.1) is 6.92 Å². The van der Waals surface area contributed by atoms with Crippen molar-refractivity contribution in [1.29, 1.82) is 0 Å². The molecule has 0 saturated heterocycles. The first-order valence-electron chi connectivity index (χ1n) is 4.88. The van der Waals surface area contributed by atoms with Crippen LogP contribution in [0.5, 0.6) is 5.75 Å². The van der Waals surface area contributed by atoms with Crippen LogP contribution in [0.15, 0.2) is 28.8 Å². The first kappa shape index (κ1) is 11.0. The largest absolute Gasteiger partial charge is 0.479 e. The highest BCUT2D eigenvalue weighted by Crippen LogP contribution is 2.27. The Morgan fingerprint density at radius 2 is 2.12 bits per heavy atom. The number of aryl methyl sites for hydroxylation is 1. The molecule has 0 N–H and O–H groups in total. The van der Waals surface area contributed by atoms with Crippen molar-refractivity contribution in [2.75, 3.05) is 0 Å². The summed E-state index contributed by atoms with van der Waals surface area (Å²) in [5, 5.41) is 4.26. The molecule has 0 aliphatic carbocycles. The highest BCUT2D eigenvalue weighted by molar-refractivity contribution is 6.32. The van der Waals surface area contributed by atoms with E-state index in [0.717, 1.165) is 0 Å². The highest BCUT2D eigenvalue weighted by atomic mass is 35.5. The van der Waals surface area contributed by atoms with Gasteiger partial charge >= 0.3 is 0 Å². The third-order valence-electron chi connectivity index (χ3n) is 2.03. The number of rotatable bonds is 3. The zero-order valence-electron chi connectivity index (χ0n) is 8.98. The zero-order chi connectivity index (χ0) is 11.5. The smallest absolute Gasteiger partial charge is 0.267 e. The standard InChI is InChI=1S/C11H11ClN2O2/c1-7(11-13-8(2)14-16-11)15-10-6-4-3-5-9(10)12/h3-7H,1-2H3/t7-/m0/s1. The molecule has 0 saturated carbocycles. The molecular formula is C11H11ClN2O2. The molecule has 1 heterocycles. The summed E-state index contributed by atoms with van der Waals surface area (Å²) in [6, 6.07) is 7.26. The summed E-state index contributed by atoms with van der Waals surface area (Å²) in [7, 11) is 0. The molecule has 2 rings (SSSR count). The SMILES string of the molecule is Cc1noc([C@H](C)Oc2ccccc2Cl)n1. The van der Waals surface area contributed by atoms with Crippen LogP contribution in [-0.2, 0) is 0 Å². The average molecular weight is 239 g/mol. The molecule has 0 bridgehead atoms. The maximum Gasteiger partial charge on any atom is 0.267 e. The van der Waals surface area contributed by atoms with Gasteiger partial charge in [0.25, 0.3) is 5.89 Å². The maximum absolute atomic E-state index is 5.97. The number of ether oxygens (including phenoxy) is 1. The van der Waals surface area contributed by atoms with E-state index >= 15 is 0 Å². The number of halogens is 1. The predicted octanol–water partition coefficient (Wildman–Crippen LogP) is 3.17. The summed E-state index contributed by atoms with van der Waals surface area (Å²) in [5.41, 5.74) is 0. The lowest BCUT2D eigenvalue weighted by molar-refractivity contribution is 0.176. The fourth-order valence-corrected chi connectivity index (χ4v) is 1.44. The van der Waals surface area contributed by atoms with Gasteiger partial charge in [-0.15, -0.1) is 0 Å². The molecule has 16 heavy (non-hydrogen) atoms. The Balaban J connectivity index is 2.13. The second-order valence-electron chi connectivity index (χ2n) is 3.37. The van der Waals surface area contributed by atoms with Crippen LogP contribution in [0.4, 0.5) is 0 Å². The van der Waals surface area contributed by atoms with Crippen LogP contribution in [0.25, 0.3) is 0 Å². The van der Waals surface area contributed by atoms with E-state index < -0.39 is 0 Å². The van der Waals surface area contributed by atoms with Gasteiger partial charge in [-0.2, -0.15) is 4.98 Å². The lowest BCUT2D eigenvalue weighted by Crippen LogP contribution is -2.03. The molecular weight excluding hydrogens is 228 g/mol. The van der Waals surface area contributed by atoms with E-state index in [1.165, 1.54) is 0 Å². The van der Waals surface area contributed by atoms with Gasteiger partial charge < -0.3 is 9.26 Å². The summed E-state index contributed by atoms with van der Waals surface area (Å²) in [4.78, 5) is 4.09. The van der Waals surface area contributed by atoms with E-state index in [1.807, 2.05) is 19.1 Å². The maximum atomic E-state index is 5.97. The minimum atomic E-state index is -0.318. The second-order valence-corrected chi connectivity index (χ2v) is 3.78. The monoisotopic (exact) mass is 238 g/mol. The lowest BCUT2D eigenvalue weighted by Gasteiger charge is -2.11. The molecule has 1 aromatic heterocycles. The molecule has 0 aliphatic rings. The highest BCUT2D eigenvalue weighted by Gasteiger charge is 2.15. The summed E-state index contributed by atoms with van der Waals surface area (Å²) in [6.45, 7) is 3.59. The topological polar surface area (TPSA) is 48.2 Å². The fourth-order valence-electron chi connectivity index (χ4n) is 1.26. The first-order chi connectivity index (χ1) is 7.66. The first-order valence-corrected chi connectivity index (χ1v) is 5.26. The Hall–Kier alpha value is -1.55. The molecule has 5 heteroatoms. The number of hydrogen-bond donors (Lipinski definition) is 0. The minimum absolute atomic E-state index is 0.318. The van der Waals surface area contributed by atoms with Crippen molar-refractivity contribution in [3.8, 4) is 5.75 Å². The van der Waals surface area contributed by atoms with Gasteiger partial charge in [-0.1, -0.05) is 28.9 Å². The van der Waals surface area contributed by atoms with E-state index in [9.17, 15) is 0 Å². The van der Waals surface area contributed by atoms with Gasteiger partial charge in [-0.05, 0) is 26.0 Å². The van der Waals surface area contributed by atoms with E-state index in [1.54, 1.807) is 19.1 Å². The van der Waals surface area contributed by atoms with E-state index in [4.69, 9.17) is 20.9 Å². The van der Waals surface area contributed by atoms with Gasteiger partial charge in [0.2, 0.25) is 0 Å². The van der Waals surface area contributed by atoms with Crippen LogP contribution in [0.1, 0.15) is 24.7 Å². The van der Waals surface area contributed by atoms with Crippen molar-refractivity contribution in [1.82, 2.24) is 10.1 Å². The Labute approximate surface area is 98.2 Å². The molecule has 0 amide bonds. The second kappa shape index (κ2) is 4.53. The van der Waals surface area contributed by atoms with Gasteiger partial charge in [0.15, 0.2) is 11.9 Å². The Morgan fingerprint density at radius 3 is 2.75 bits per heavy atom. The molecule has 0 aliphatic heterocycles. The summed E-state index contributed by atoms with van der Waals surface area (Å²) < 4.78 is 10.6. The number of para-hydroxylation sites is 1. The summed E-state index contributed by atoms with van der Waals surface area (Å²) in [6.07, 6.45) is -0.318. The molecule has 0 spiro atoms. The number of benzene rings is 1. The van der Waals surface area contributed by atoms with Crippen molar-refractivity contribution in [3.63, 3.8) is 0 Å². The Morgan fingerprint density at radius 1 is 1.38 bits per heavy atom. The van der Waals surface area contributed by atoms with Crippen LogP contribution in [-0.4, -0.2) is 10.1 Å². The Kier molecular flexibility index (Phi) is 3.10. The average Bonchev–Trinajstić information content (AvgIpc) is 2.68. The van der Waals surface area contributed by atoms with Gasteiger partial charge in [-0.3, -0.25) is 0 Å². The van der Waals surface area contributed by atoms with Crippen LogP contribution < -0.4 is 4.74 Å². The molecule has 0 fully saturated rings. The molecule has 0 radical (unpaired) electrons. The van der Waals surface area contributed by atoms with Crippen molar-refractivity contribution in [3.05, 3.63) is 41.0 Å². The Bertz CT molecular complexity index is 484. The quantitative estimate of drug-likeness (QED) is 0.824. The van der Waals surface area contributed by atoms with E-state index in [2.05, 4.69) is 10.1 Å². The number of nitrogens with zero attached hydrogens (tertiary/aromatic N) is 2. The number of aromatic nitrogens is 2. The van der Waals surface area contributed by atoms with Crippen molar-refractivity contribution < 1.29 is 9.26 Å². The zero-order valence-corrected chi connectivity index (χ0v) is 9.73. The molecule has 4 nitrogen and oxygen atoms in total. The summed E-state index contributed by atoms with van der Waals surface area (Å²) >= 11 is 5.97. The van der Waals surface area contributed by atoms with Gasteiger partial charge in [-0.25, -0.2) is 0 Å². The van der Waals surface area contributed by atoms with E-state index in [0.29, 0.717) is 22.5 Å². The molecule has 84 valence electrons. The molecule has 1 aromatic carbocycles. The molecule has 2 aromatic rings. The van der Waals surface area contributed by atoms with Crippen LogP contribution in [0.3, 0.4) is 0 Å². The minimum Gasteiger partial charge on any atom is -0.479 e. The van der Waals surface area contributed by atoms with Crippen molar-refractivity contribution in [2.24, 2.45) is 0 Å². The van der Waals surface area contributed by atoms with Gasteiger partial charge in [0, 0.05) is 0 Å². The molecule has 0 unspecified atom stereocenters. The van der Waals surface area contributed by atoms with Crippen LogP contribution >= 0.6 is 11.6 Å². The molecule has 1 atom stereocenters. The normalized spacial score (nSPS) is 12.4.